The van der Waals surface area contributed by atoms with Crippen LogP contribution in [0.25, 0.3) is 0 Å². The molecule has 132 valence electrons. The van der Waals surface area contributed by atoms with Crippen molar-refractivity contribution in [2.24, 2.45) is 5.16 Å². The third-order valence-corrected chi connectivity index (χ3v) is 3.40. The Balaban J connectivity index is 1.79. The molecule has 2 rings (SSSR count). The van der Waals surface area contributed by atoms with Crippen molar-refractivity contribution in [1.82, 2.24) is 5.32 Å². The number of benzene rings is 2. The van der Waals surface area contributed by atoms with Gasteiger partial charge in [-0.3, -0.25) is 4.79 Å². The minimum atomic E-state index is -2.94. The van der Waals surface area contributed by atoms with Crippen molar-refractivity contribution in [1.29, 1.82) is 0 Å². The summed E-state index contributed by atoms with van der Waals surface area (Å²) in [6.45, 7) is -3.00. The minimum absolute atomic E-state index is 0.0342. The molecule has 25 heavy (non-hydrogen) atoms. The standard InChI is InChI=1S/C17H15ClF2N2O3/c18-14-7-3-1-5-12(14)9-21-16(23)11-24-22-10-13-6-2-4-8-15(13)25-17(19)20/h1-8,10,17H,9,11H2,(H,21,23)/b22-10+. The summed E-state index contributed by atoms with van der Waals surface area (Å²) in [6, 6.07) is 13.2. The Kier molecular flexibility index (Phi) is 7.16. The van der Waals surface area contributed by atoms with Gasteiger partial charge in [-0.15, -0.1) is 0 Å². The number of carbonyl (C=O) groups excluding carboxylic acids is 1. The second-order valence-corrected chi connectivity index (χ2v) is 5.20. The average molecular weight is 369 g/mol. The first kappa shape index (κ1) is 18.7. The number of rotatable bonds is 8. The quantitative estimate of drug-likeness (QED) is 0.572. The van der Waals surface area contributed by atoms with E-state index >= 15 is 0 Å². The Bertz CT molecular complexity index is 741. The summed E-state index contributed by atoms with van der Waals surface area (Å²) >= 11 is 5.98. The topological polar surface area (TPSA) is 59.9 Å². The molecule has 8 heteroatoms. The van der Waals surface area contributed by atoms with Crippen molar-refractivity contribution in [2.45, 2.75) is 13.2 Å². The fourth-order valence-corrected chi connectivity index (χ4v) is 2.07. The fourth-order valence-electron chi connectivity index (χ4n) is 1.87. The number of oxime groups is 1. The Morgan fingerprint density at radius 1 is 1.20 bits per heavy atom. The fraction of sp³-hybridized carbons (Fsp3) is 0.176. The first-order valence-corrected chi connectivity index (χ1v) is 7.63. The maximum absolute atomic E-state index is 12.3. The summed E-state index contributed by atoms with van der Waals surface area (Å²) in [7, 11) is 0. The summed E-state index contributed by atoms with van der Waals surface area (Å²) in [5.41, 5.74) is 1.08. The molecule has 0 unspecified atom stereocenters. The number of halogens is 3. The third-order valence-electron chi connectivity index (χ3n) is 3.03. The van der Waals surface area contributed by atoms with Crippen LogP contribution in [0.3, 0.4) is 0 Å². The lowest BCUT2D eigenvalue weighted by atomic mass is 10.2. The summed E-state index contributed by atoms with van der Waals surface area (Å²) in [5.74, 6) is -0.429. The van der Waals surface area contributed by atoms with Crippen LogP contribution in [0, 0.1) is 0 Å². The number of hydrogen-bond donors (Lipinski definition) is 1. The van der Waals surface area contributed by atoms with Crippen molar-refractivity contribution in [2.75, 3.05) is 6.61 Å². The largest absolute Gasteiger partial charge is 0.434 e. The molecule has 0 aliphatic carbocycles. The molecule has 0 aliphatic rings. The van der Waals surface area contributed by atoms with Gasteiger partial charge in [0, 0.05) is 17.1 Å². The zero-order valence-corrected chi connectivity index (χ0v) is 13.7. The van der Waals surface area contributed by atoms with E-state index in [2.05, 4.69) is 15.2 Å². The van der Waals surface area contributed by atoms with E-state index in [0.717, 1.165) is 5.56 Å². The van der Waals surface area contributed by atoms with E-state index in [-0.39, 0.29) is 18.9 Å². The molecule has 0 spiro atoms. The highest BCUT2D eigenvalue weighted by Crippen LogP contribution is 2.18. The van der Waals surface area contributed by atoms with Gasteiger partial charge < -0.3 is 14.9 Å². The van der Waals surface area contributed by atoms with Crippen LogP contribution in [0.5, 0.6) is 5.75 Å². The lowest BCUT2D eigenvalue weighted by Crippen LogP contribution is -2.26. The zero-order valence-electron chi connectivity index (χ0n) is 13.0. The number of hydrogen-bond acceptors (Lipinski definition) is 4. The molecule has 0 fully saturated rings. The number of nitrogens with one attached hydrogen (secondary N) is 1. The molecule has 0 saturated carbocycles. The van der Waals surface area contributed by atoms with Crippen LogP contribution in [0.1, 0.15) is 11.1 Å². The minimum Gasteiger partial charge on any atom is -0.434 e. The molecule has 0 saturated heterocycles. The number of amides is 1. The van der Waals surface area contributed by atoms with Crippen molar-refractivity contribution in [3.05, 3.63) is 64.7 Å². The predicted molar refractivity (Wildman–Crippen MR) is 89.9 cm³/mol. The maximum Gasteiger partial charge on any atom is 0.387 e. The van der Waals surface area contributed by atoms with Gasteiger partial charge >= 0.3 is 6.61 Å². The van der Waals surface area contributed by atoms with Crippen LogP contribution < -0.4 is 10.1 Å². The van der Waals surface area contributed by atoms with Crippen LogP contribution in [0.2, 0.25) is 5.02 Å². The van der Waals surface area contributed by atoms with Crippen molar-refractivity contribution >= 4 is 23.7 Å². The molecule has 2 aromatic carbocycles. The van der Waals surface area contributed by atoms with Gasteiger partial charge in [-0.2, -0.15) is 8.78 Å². The third kappa shape index (κ3) is 6.39. The Hall–Kier alpha value is -2.67. The highest BCUT2D eigenvalue weighted by Gasteiger charge is 2.08. The molecule has 0 radical (unpaired) electrons. The zero-order chi connectivity index (χ0) is 18.1. The van der Waals surface area contributed by atoms with E-state index in [1.807, 2.05) is 6.07 Å². The van der Waals surface area contributed by atoms with Gasteiger partial charge in [0.15, 0.2) is 6.61 Å². The molecular weight excluding hydrogens is 354 g/mol. The lowest BCUT2D eigenvalue weighted by Gasteiger charge is -2.07. The van der Waals surface area contributed by atoms with E-state index in [9.17, 15) is 13.6 Å². The number of ether oxygens (including phenoxy) is 1. The summed E-state index contributed by atoms with van der Waals surface area (Å²) in [4.78, 5) is 16.5. The van der Waals surface area contributed by atoms with Crippen LogP contribution in [-0.4, -0.2) is 25.3 Å². The van der Waals surface area contributed by atoms with E-state index in [0.29, 0.717) is 10.6 Å². The molecule has 0 aromatic heterocycles. The lowest BCUT2D eigenvalue weighted by molar-refractivity contribution is -0.125. The van der Waals surface area contributed by atoms with Crippen molar-refractivity contribution < 1.29 is 23.1 Å². The van der Waals surface area contributed by atoms with Crippen LogP contribution in [-0.2, 0) is 16.2 Å². The molecule has 0 atom stereocenters. The van der Waals surface area contributed by atoms with Crippen LogP contribution in [0.4, 0.5) is 8.78 Å². The Morgan fingerprint density at radius 3 is 2.68 bits per heavy atom. The normalized spacial score (nSPS) is 10.9. The van der Waals surface area contributed by atoms with E-state index in [1.165, 1.54) is 18.3 Å². The smallest absolute Gasteiger partial charge is 0.387 e. The molecule has 1 amide bonds. The summed E-state index contributed by atoms with van der Waals surface area (Å²) in [6.07, 6.45) is 1.19. The molecule has 0 heterocycles. The van der Waals surface area contributed by atoms with Gasteiger partial charge in [0.1, 0.15) is 5.75 Å². The molecule has 5 nitrogen and oxygen atoms in total. The van der Waals surface area contributed by atoms with E-state index in [1.54, 1.807) is 30.3 Å². The second-order valence-electron chi connectivity index (χ2n) is 4.79. The Morgan fingerprint density at radius 2 is 1.92 bits per heavy atom. The molecular formula is C17H15ClF2N2O3. The van der Waals surface area contributed by atoms with Crippen LogP contribution in [0.15, 0.2) is 53.7 Å². The number of alkyl halides is 2. The monoisotopic (exact) mass is 368 g/mol. The molecule has 0 aliphatic heterocycles. The highest BCUT2D eigenvalue weighted by atomic mass is 35.5. The summed E-state index contributed by atoms with van der Waals surface area (Å²) < 4.78 is 28.9. The summed E-state index contributed by atoms with van der Waals surface area (Å²) in [5, 5.41) is 6.77. The maximum atomic E-state index is 12.3. The average Bonchev–Trinajstić information content (AvgIpc) is 2.59. The highest BCUT2D eigenvalue weighted by molar-refractivity contribution is 6.31. The van der Waals surface area contributed by atoms with E-state index < -0.39 is 12.5 Å². The van der Waals surface area contributed by atoms with Gasteiger partial charge in [0.05, 0.1) is 6.21 Å². The molecule has 0 bridgehead atoms. The van der Waals surface area contributed by atoms with Gasteiger partial charge in [-0.1, -0.05) is 47.1 Å². The SMILES string of the molecule is O=C(CO/N=C/c1ccccc1OC(F)F)NCc1ccccc1Cl. The van der Waals surface area contributed by atoms with Crippen molar-refractivity contribution in [3.8, 4) is 5.75 Å². The van der Waals surface area contributed by atoms with Gasteiger partial charge in [0.25, 0.3) is 5.91 Å². The van der Waals surface area contributed by atoms with Gasteiger partial charge in [-0.25, -0.2) is 0 Å². The van der Waals surface area contributed by atoms with Gasteiger partial charge in [-0.05, 0) is 23.8 Å². The molecule has 2 aromatic rings. The molecule has 1 N–H and O–H groups in total. The first-order chi connectivity index (χ1) is 12.1. The predicted octanol–water partition coefficient (Wildman–Crippen LogP) is 3.61. The van der Waals surface area contributed by atoms with Crippen LogP contribution >= 0.6 is 11.6 Å². The van der Waals surface area contributed by atoms with E-state index in [4.69, 9.17) is 16.4 Å². The Labute approximate surface area is 148 Å². The first-order valence-electron chi connectivity index (χ1n) is 7.25. The van der Waals surface area contributed by atoms with Crippen molar-refractivity contribution in [3.63, 3.8) is 0 Å². The second kappa shape index (κ2) is 9.58. The number of carbonyl (C=O) groups is 1. The number of para-hydroxylation sites is 1. The van der Waals surface area contributed by atoms with Gasteiger partial charge in [0.2, 0.25) is 0 Å². The number of nitrogens with zero attached hydrogens (tertiary/aromatic N) is 1.